The minimum absolute atomic E-state index is 0.00464. The maximum absolute atomic E-state index is 12.6. The summed E-state index contributed by atoms with van der Waals surface area (Å²) >= 11 is 0. The smallest absolute Gasteiger partial charge is 0.245 e. The Morgan fingerprint density at radius 3 is 2.80 bits per heavy atom. The van der Waals surface area contributed by atoms with Gasteiger partial charge in [0.15, 0.2) is 0 Å². The number of carbonyl (C=O) groups is 2. The minimum atomic E-state index is -0.313. The molecule has 2 heterocycles. The number of amides is 2. The first-order valence-corrected chi connectivity index (χ1v) is 7.32. The van der Waals surface area contributed by atoms with Gasteiger partial charge in [-0.2, -0.15) is 0 Å². The molecule has 1 N–H and O–H groups in total. The molecule has 4 nitrogen and oxygen atoms in total. The van der Waals surface area contributed by atoms with Gasteiger partial charge in [0.1, 0.15) is 6.04 Å². The molecule has 20 heavy (non-hydrogen) atoms. The van der Waals surface area contributed by atoms with Crippen molar-refractivity contribution in [1.29, 1.82) is 0 Å². The summed E-state index contributed by atoms with van der Waals surface area (Å²) in [6, 6.07) is 8.11. The molecule has 4 heteroatoms. The fourth-order valence-electron chi connectivity index (χ4n) is 3.31. The van der Waals surface area contributed by atoms with Gasteiger partial charge in [-0.25, -0.2) is 0 Å². The molecule has 2 aliphatic heterocycles. The monoisotopic (exact) mass is 272 g/mol. The molecule has 1 unspecified atom stereocenters. The van der Waals surface area contributed by atoms with Crippen LogP contribution >= 0.6 is 0 Å². The molecule has 0 spiro atoms. The quantitative estimate of drug-likeness (QED) is 0.894. The SMILES string of the molecule is Cc1ccccc1C1CCCN1C(=O)[C@H]1CCC(=O)N1. The van der Waals surface area contributed by atoms with Crippen LogP contribution in [0.1, 0.15) is 42.9 Å². The van der Waals surface area contributed by atoms with Gasteiger partial charge in [0.05, 0.1) is 6.04 Å². The first kappa shape index (κ1) is 13.2. The van der Waals surface area contributed by atoms with E-state index >= 15 is 0 Å². The maximum atomic E-state index is 12.6. The zero-order valence-corrected chi connectivity index (χ0v) is 11.8. The van der Waals surface area contributed by atoms with E-state index in [-0.39, 0.29) is 23.9 Å². The maximum Gasteiger partial charge on any atom is 0.245 e. The zero-order chi connectivity index (χ0) is 14.1. The summed E-state index contributed by atoms with van der Waals surface area (Å²) in [6.07, 6.45) is 3.15. The van der Waals surface area contributed by atoms with Crippen LogP contribution in [0.25, 0.3) is 0 Å². The van der Waals surface area contributed by atoms with Gasteiger partial charge in [-0.15, -0.1) is 0 Å². The van der Waals surface area contributed by atoms with E-state index in [1.54, 1.807) is 0 Å². The summed E-state index contributed by atoms with van der Waals surface area (Å²) in [5.74, 6) is 0.0802. The van der Waals surface area contributed by atoms with Crippen molar-refractivity contribution < 1.29 is 9.59 Å². The number of aryl methyl sites for hydroxylation is 1. The lowest BCUT2D eigenvalue weighted by atomic mass is 9.99. The third-order valence-corrected chi connectivity index (χ3v) is 4.38. The Kier molecular flexibility index (Phi) is 3.47. The van der Waals surface area contributed by atoms with E-state index in [0.717, 1.165) is 19.4 Å². The van der Waals surface area contributed by atoms with Crippen molar-refractivity contribution in [3.63, 3.8) is 0 Å². The molecule has 0 radical (unpaired) electrons. The molecule has 2 fully saturated rings. The largest absolute Gasteiger partial charge is 0.344 e. The van der Waals surface area contributed by atoms with Crippen LogP contribution in [0.5, 0.6) is 0 Å². The molecule has 0 aromatic heterocycles. The number of nitrogens with one attached hydrogen (secondary N) is 1. The Bertz CT molecular complexity index is 541. The summed E-state index contributed by atoms with van der Waals surface area (Å²) in [5.41, 5.74) is 2.47. The number of rotatable bonds is 2. The molecule has 0 saturated carbocycles. The molecular formula is C16H20N2O2. The highest BCUT2D eigenvalue weighted by Gasteiger charge is 2.37. The van der Waals surface area contributed by atoms with Crippen LogP contribution in [0.2, 0.25) is 0 Å². The zero-order valence-electron chi connectivity index (χ0n) is 11.8. The molecular weight excluding hydrogens is 252 g/mol. The molecule has 2 amide bonds. The minimum Gasteiger partial charge on any atom is -0.344 e. The average molecular weight is 272 g/mol. The second kappa shape index (κ2) is 5.27. The molecule has 2 aliphatic rings. The fourth-order valence-corrected chi connectivity index (χ4v) is 3.31. The number of hydrogen-bond acceptors (Lipinski definition) is 2. The van der Waals surface area contributed by atoms with E-state index in [1.807, 2.05) is 17.0 Å². The Morgan fingerprint density at radius 2 is 2.10 bits per heavy atom. The van der Waals surface area contributed by atoms with Gasteiger partial charge in [0, 0.05) is 13.0 Å². The summed E-state index contributed by atoms with van der Waals surface area (Å²) < 4.78 is 0. The third kappa shape index (κ3) is 2.30. The van der Waals surface area contributed by atoms with Crippen LogP contribution in [-0.2, 0) is 9.59 Å². The van der Waals surface area contributed by atoms with Crippen molar-refractivity contribution in [2.24, 2.45) is 0 Å². The topological polar surface area (TPSA) is 49.4 Å². The van der Waals surface area contributed by atoms with E-state index in [4.69, 9.17) is 0 Å². The first-order valence-electron chi connectivity index (χ1n) is 7.32. The van der Waals surface area contributed by atoms with Gasteiger partial charge in [-0.3, -0.25) is 9.59 Å². The van der Waals surface area contributed by atoms with Crippen molar-refractivity contribution in [2.75, 3.05) is 6.54 Å². The fraction of sp³-hybridized carbons (Fsp3) is 0.500. The predicted molar refractivity (Wildman–Crippen MR) is 76.0 cm³/mol. The second-order valence-electron chi connectivity index (χ2n) is 5.71. The summed E-state index contributed by atoms with van der Waals surface area (Å²) in [7, 11) is 0. The first-order chi connectivity index (χ1) is 9.66. The van der Waals surface area contributed by atoms with Crippen molar-refractivity contribution in [2.45, 2.75) is 44.7 Å². The molecule has 0 aliphatic carbocycles. The summed E-state index contributed by atoms with van der Waals surface area (Å²) in [5, 5.41) is 2.79. The molecule has 3 rings (SSSR count). The second-order valence-corrected chi connectivity index (χ2v) is 5.71. The average Bonchev–Trinajstić information content (AvgIpc) is 3.07. The summed E-state index contributed by atoms with van der Waals surface area (Å²) in [4.78, 5) is 25.9. The number of likely N-dealkylation sites (tertiary alicyclic amines) is 1. The molecule has 2 atom stereocenters. The molecule has 106 valence electrons. The van der Waals surface area contributed by atoms with Crippen molar-refractivity contribution in [3.05, 3.63) is 35.4 Å². The van der Waals surface area contributed by atoms with Crippen LogP contribution < -0.4 is 5.32 Å². The molecule has 1 aromatic rings. The third-order valence-electron chi connectivity index (χ3n) is 4.38. The van der Waals surface area contributed by atoms with Crippen LogP contribution in [0.3, 0.4) is 0 Å². The lowest BCUT2D eigenvalue weighted by molar-refractivity contribution is -0.135. The van der Waals surface area contributed by atoms with E-state index in [9.17, 15) is 9.59 Å². The Labute approximate surface area is 119 Å². The highest BCUT2D eigenvalue weighted by atomic mass is 16.2. The number of hydrogen-bond donors (Lipinski definition) is 1. The van der Waals surface area contributed by atoms with E-state index < -0.39 is 0 Å². The van der Waals surface area contributed by atoms with Crippen molar-refractivity contribution in [1.82, 2.24) is 10.2 Å². The Balaban J connectivity index is 1.81. The van der Waals surface area contributed by atoms with Gasteiger partial charge < -0.3 is 10.2 Å². The number of benzene rings is 1. The van der Waals surface area contributed by atoms with E-state index in [0.29, 0.717) is 12.8 Å². The lowest BCUT2D eigenvalue weighted by Gasteiger charge is -2.28. The highest BCUT2D eigenvalue weighted by molar-refractivity contribution is 5.91. The molecule has 0 bridgehead atoms. The highest BCUT2D eigenvalue weighted by Crippen LogP contribution is 2.34. The van der Waals surface area contributed by atoms with Gasteiger partial charge >= 0.3 is 0 Å². The molecule has 1 aromatic carbocycles. The normalized spacial score (nSPS) is 25.9. The Morgan fingerprint density at radius 1 is 1.30 bits per heavy atom. The van der Waals surface area contributed by atoms with Crippen LogP contribution in [0.4, 0.5) is 0 Å². The van der Waals surface area contributed by atoms with Crippen molar-refractivity contribution >= 4 is 11.8 Å². The Hall–Kier alpha value is -1.84. The van der Waals surface area contributed by atoms with Gasteiger partial charge in [-0.1, -0.05) is 24.3 Å². The van der Waals surface area contributed by atoms with Crippen LogP contribution in [0, 0.1) is 6.92 Å². The van der Waals surface area contributed by atoms with E-state index in [1.165, 1.54) is 11.1 Å². The van der Waals surface area contributed by atoms with Gasteiger partial charge in [0.2, 0.25) is 11.8 Å². The molecule has 2 saturated heterocycles. The van der Waals surface area contributed by atoms with Crippen molar-refractivity contribution in [3.8, 4) is 0 Å². The number of carbonyl (C=O) groups excluding carboxylic acids is 2. The van der Waals surface area contributed by atoms with E-state index in [2.05, 4.69) is 24.4 Å². The standard InChI is InChI=1S/C16H20N2O2/c1-11-5-2-3-6-12(11)14-7-4-10-18(14)16(20)13-8-9-15(19)17-13/h2-3,5-6,13-14H,4,7-10H2,1H3,(H,17,19)/t13-,14?/m1/s1. The van der Waals surface area contributed by atoms with Gasteiger partial charge in [0.25, 0.3) is 0 Å². The van der Waals surface area contributed by atoms with Gasteiger partial charge in [-0.05, 0) is 37.3 Å². The van der Waals surface area contributed by atoms with Crippen LogP contribution in [0.15, 0.2) is 24.3 Å². The number of nitrogens with zero attached hydrogens (tertiary/aromatic N) is 1. The summed E-state index contributed by atoms with van der Waals surface area (Å²) in [6.45, 7) is 2.89. The van der Waals surface area contributed by atoms with Crippen LogP contribution in [-0.4, -0.2) is 29.3 Å². The predicted octanol–water partition coefficient (Wildman–Crippen LogP) is 1.94. The lowest BCUT2D eigenvalue weighted by Crippen LogP contribution is -2.44.